The number of hydrogen-bond acceptors (Lipinski definition) is 3. The van der Waals surface area contributed by atoms with E-state index < -0.39 is 0 Å². The number of morpholine rings is 1. The van der Waals surface area contributed by atoms with Crippen LogP contribution in [0, 0.1) is 6.92 Å². The zero-order valence-electron chi connectivity index (χ0n) is 13.7. The van der Waals surface area contributed by atoms with E-state index >= 15 is 0 Å². The first-order valence-corrected chi connectivity index (χ1v) is 8.37. The lowest BCUT2D eigenvalue weighted by atomic mass is 10.1. The molecule has 0 saturated carbocycles. The molecule has 23 heavy (non-hydrogen) atoms. The Morgan fingerprint density at radius 1 is 1.22 bits per heavy atom. The zero-order valence-corrected chi connectivity index (χ0v) is 13.7. The van der Waals surface area contributed by atoms with Gasteiger partial charge in [0.25, 0.3) is 0 Å². The predicted octanol–water partition coefficient (Wildman–Crippen LogP) is 1.39. The Labute approximate surface area is 137 Å². The van der Waals surface area contributed by atoms with Crippen LogP contribution in [-0.4, -0.2) is 60.5 Å². The van der Waals surface area contributed by atoms with Gasteiger partial charge >= 0.3 is 0 Å². The van der Waals surface area contributed by atoms with Crippen LogP contribution in [0.4, 0.5) is 0 Å². The summed E-state index contributed by atoms with van der Waals surface area (Å²) >= 11 is 0. The number of carbonyl (C=O) groups is 2. The van der Waals surface area contributed by atoms with Gasteiger partial charge in [-0.25, -0.2) is 0 Å². The molecule has 2 aliphatic heterocycles. The van der Waals surface area contributed by atoms with Crippen molar-refractivity contribution in [1.82, 2.24) is 9.80 Å². The monoisotopic (exact) mass is 316 g/mol. The van der Waals surface area contributed by atoms with Crippen LogP contribution in [0.5, 0.6) is 0 Å². The molecular weight excluding hydrogens is 292 g/mol. The lowest BCUT2D eigenvalue weighted by molar-refractivity contribution is -0.146. The van der Waals surface area contributed by atoms with Gasteiger partial charge in [-0.2, -0.15) is 0 Å². The second kappa shape index (κ2) is 7.13. The minimum atomic E-state index is -0.287. The van der Waals surface area contributed by atoms with Crippen molar-refractivity contribution in [2.24, 2.45) is 0 Å². The molecule has 0 radical (unpaired) electrons. The van der Waals surface area contributed by atoms with Gasteiger partial charge in [-0.1, -0.05) is 29.8 Å². The van der Waals surface area contributed by atoms with Gasteiger partial charge in [0, 0.05) is 19.6 Å². The molecule has 5 nitrogen and oxygen atoms in total. The van der Waals surface area contributed by atoms with E-state index in [1.54, 1.807) is 4.90 Å². The quantitative estimate of drug-likeness (QED) is 0.847. The van der Waals surface area contributed by atoms with E-state index in [-0.39, 0.29) is 17.9 Å². The van der Waals surface area contributed by atoms with Gasteiger partial charge in [-0.15, -0.1) is 0 Å². The Kier molecular flexibility index (Phi) is 4.96. The van der Waals surface area contributed by atoms with Crippen molar-refractivity contribution in [3.8, 4) is 0 Å². The second-order valence-corrected chi connectivity index (χ2v) is 6.35. The maximum absolute atomic E-state index is 12.7. The van der Waals surface area contributed by atoms with Crippen LogP contribution in [-0.2, 0) is 20.7 Å². The molecule has 0 aliphatic carbocycles. The molecule has 0 aromatic heterocycles. The van der Waals surface area contributed by atoms with Crippen molar-refractivity contribution < 1.29 is 14.3 Å². The van der Waals surface area contributed by atoms with Gasteiger partial charge in [0.15, 0.2) is 0 Å². The number of hydrogen-bond donors (Lipinski definition) is 0. The van der Waals surface area contributed by atoms with Gasteiger partial charge in [-0.3, -0.25) is 9.59 Å². The lowest BCUT2D eigenvalue weighted by Gasteiger charge is -2.32. The molecule has 0 N–H and O–H groups in total. The smallest absolute Gasteiger partial charge is 0.245 e. The van der Waals surface area contributed by atoms with Crippen LogP contribution in [0.15, 0.2) is 24.3 Å². The molecule has 2 fully saturated rings. The van der Waals surface area contributed by atoms with E-state index in [4.69, 9.17) is 4.74 Å². The maximum Gasteiger partial charge on any atom is 0.245 e. The van der Waals surface area contributed by atoms with Crippen molar-refractivity contribution in [2.45, 2.75) is 32.2 Å². The summed E-state index contributed by atoms with van der Waals surface area (Å²) in [5, 5.41) is 0. The first kappa shape index (κ1) is 16.0. The van der Waals surface area contributed by atoms with Crippen molar-refractivity contribution in [2.75, 3.05) is 32.8 Å². The van der Waals surface area contributed by atoms with Gasteiger partial charge < -0.3 is 14.5 Å². The summed E-state index contributed by atoms with van der Waals surface area (Å²) < 4.78 is 5.30. The highest BCUT2D eigenvalue weighted by Crippen LogP contribution is 2.21. The minimum Gasteiger partial charge on any atom is -0.378 e. The standard InChI is InChI=1S/C18H24N2O3/c1-14-4-2-5-15(12-14)13-17(21)20-7-3-6-16(20)18(22)19-8-10-23-11-9-19/h2,4-5,12,16H,3,6-11,13H2,1H3/t16-/m0/s1. The summed E-state index contributed by atoms with van der Waals surface area (Å²) in [6, 6.07) is 7.71. The summed E-state index contributed by atoms with van der Waals surface area (Å²) in [7, 11) is 0. The number of nitrogens with zero attached hydrogens (tertiary/aromatic N) is 2. The van der Waals surface area contributed by atoms with Gasteiger partial charge in [-0.05, 0) is 25.3 Å². The largest absolute Gasteiger partial charge is 0.378 e. The molecule has 5 heteroatoms. The average molecular weight is 316 g/mol. The third-order valence-electron chi connectivity index (χ3n) is 4.62. The first-order chi connectivity index (χ1) is 11.1. The number of rotatable bonds is 3. The first-order valence-electron chi connectivity index (χ1n) is 8.37. The fourth-order valence-corrected chi connectivity index (χ4v) is 3.41. The Morgan fingerprint density at radius 3 is 2.74 bits per heavy atom. The SMILES string of the molecule is Cc1cccc(CC(=O)N2CCC[C@H]2C(=O)N2CCOCC2)c1. The minimum absolute atomic E-state index is 0.0553. The normalized spacial score (nSPS) is 21.5. The third kappa shape index (κ3) is 3.72. The number of benzene rings is 1. The summed E-state index contributed by atoms with van der Waals surface area (Å²) in [6.45, 7) is 5.16. The van der Waals surface area contributed by atoms with Crippen LogP contribution >= 0.6 is 0 Å². The molecule has 0 spiro atoms. The highest BCUT2D eigenvalue weighted by atomic mass is 16.5. The number of ether oxygens (including phenoxy) is 1. The predicted molar refractivity (Wildman–Crippen MR) is 87.0 cm³/mol. The van der Waals surface area contributed by atoms with E-state index in [1.807, 2.05) is 36.1 Å². The Balaban J connectivity index is 1.65. The molecular formula is C18H24N2O3. The summed E-state index contributed by atoms with van der Waals surface area (Å²) in [5.41, 5.74) is 2.16. The Bertz CT molecular complexity index is 581. The van der Waals surface area contributed by atoms with Gasteiger partial charge in [0.05, 0.1) is 19.6 Å². The number of amides is 2. The molecule has 124 valence electrons. The second-order valence-electron chi connectivity index (χ2n) is 6.35. The Morgan fingerprint density at radius 2 is 2.00 bits per heavy atom. The molecule has 0 unspecified atom stereocenters. The molecule has 2 aliphatic rings. The highest BCUT2D eigenvalue weighted by Gasteiger charge is 2.36. The number of carbonyl (C=O) groups excluding carboxylic acids is 2. The van der Waals surface area contributed by atoms with E-state index in [9.17, 15) is 9.59 Å². The number of aryl methyl sites for hydroxylation is 1. The zero-order chi connectivity index (χ0) is 16.2. The molecule has 2 saturated heterocycles. The van der Waals surface area contributed by atoms with Crippen LogP contribution in [0.2, 0.25) is 0 Å². The van der Waals surface area contributed by atoms with Crippen molar-refractivity contribution >= 4 is 11.8 Å². The van der Waals surface area contributed by atoms with Gasteiger partial charge in [0.2, 0.25) is 11.8 Å². The lowest BCUT2D eigenvalue weighted by Crippen LogP contribution is -2.51. The molecule has 1 aromatic rings. The summed E-state index contributed by atoms with van der Waals surface area (Å²) in [4.78, 5) is 29.0. The molecule has 3 rings (SSSR count). The van der Waals surface area contributed by atoms with E-state index in [2.05, 4.69) is 0 Å². The van der Waals surface area contributed by atoms with Crippen LogP contribution in [0.1, 0.15) is 24.0 Å². The fourth-order valence-electron chi connectivity index (χ4n) is 3.41. The van der Waals surface area contributed by atoms with Crippen LogP contribution < -0.4 is 0 Å². The van der Waals surface area contributed by atoms with E-state index in [1.165, 1.54) is 0 Å². The van der Waals surface area contributed by atoms with Crippen molar-refractivity contribution in [1.29, 1.82) is 0 Å². The molecule has 2 amide bonds. The summed E-state index contributed by atoms with van der Waals surface area (Å²) in [6.07, 6.45) is 2.05. The van der Waals surface area contributed by atoms with E-state index in [0.717, 1.165) is 24.0 Å². The van der Waals surface area contributed by atoms with Crippen molar-refractivity contribution in [3.63, 3.8) is 0 Å². The molecule has 2 heterocycles. The number of likely N-dealkylation sites (tertiary alicyclic amines) is 1. The van der Waals surface area contributed by atoms with Crippen LogP contribution in [0.3, 0.4) is 0 Å². The fraction of sp³-hybridized carbons (Fsp3) is 0.556. The maximum atomic E-state index is 12.7. The topological polar surface area (TPSA) is 49.9 Å². The Hall–Kier alpha value is -1.88. The van der Waals surface area contributed by atoms with Gasteiger partial charge in [0.1, 0.15) is 6.04 Å². The van der Waals surface area contributed by atoms with E-state index in [0.29, 0.717) is 39.3 Å². The van der Waals surface area contributed by atoms with Crippen LogP contribution in [0.25, 0.3) is 0 Å². The average Bonchev–Trinajstić information content (AvgIpc) is 3.05. The third-order valence-corrected chi connectivity index (χ3v) is 4.62. The van der Waals surface area contributed by atoms with Crippen molar-refractivity contribution in [3.05, 3.63) is 35.4 Å². The molecule has 1 atom stereocenters. The molecule has 0 bridgehead atoms. The summed E-state index contributed by atoms with van der Waals surface area (Å²) in [5.74, 6) is 0.142. The molecule has 1 aromatic carbocycles. The highest BCUT2D eigenvalue weighted by molar-refractivity contribution is 5.89.